The van der Waals surface area contributed by atoms with E-state index in [9.17, 15) is 0 Å². The average molecular weight is 244 g/mol. The van der Waals surface area contributed by atoms with Crippen molar-refractivity contribution in [3.05, 3.63) is 35.4 Å². The van der Waals surface area contributed by atoms with Gasteiger partial charge in [0.1, 0.15) is 0 Å². The Morgan fingerprint density at radius 1 is 1.00 bits per heavy atom. The van der Waals surface area contributed by atoms with E-state index < -0.39 is 0 Å². The molecule has 18 heavy (non-hydrogen) atoms. The fourth-order valence-electron chi connectivity index (χ4n) is 3.28. The van der Waals surface area contributed by atoms with Crippen LogP contribution in [0.25, 0.3) is 0 Å². The van der Waals surface area contributed by atoms with Crippen molar-refractivity contribution in [3.63, 3.8) is 0 Å². The van der Waals surface area contributed by atoms with E-state index in [0.717, 1.165) is 11.8 Å². The molecule has 2 rings (SSSR count). The Labute approximate surface area is 113 Å². The first-order valence-corrected chi connectivity index (χ1v) is 7.79. The molecule has 0 N–H and O–H groups in total. The summed E-state index contributed by atoms with van der Waals surface area (Å²) >= 11 is 0. The summed E-state index contributed by atoms with van der Waals surface area (Å²) in [4.78, 5) is 0. The SMILES string of the molecule is Cc1ccc(CCCCCC2CCC(C)C2)cc1. The molecule has 1 aliphatic rings. The molecule has 2 atom stereocenters. The molecule has 0 spiro atoms. The highest BCUT2D eigenvalue weighted by atomic mass is 14.3. The summed E-state index contributed by atoms with van der Waals surface area (Å²) in [7, 11) is 0. The summed E-state index contributed by atoms with van der Waals surface area (Å²) < 4.78 is 0. The Hall–Kier alpha value is -0.780. The molecule has 0 bridgehead atoms. The summed E-state index contributed by atoms with van der Waals surface area (Å²) in [5.74, 6) is 2.06. The highest BCUT2D eigenvalue weighted by Crippen LogP contribution is 2.33. The van der Waals surface area contributed by atoms with Crippen LogP contribution in [0.15, 0.2) is 24.3 Å². The van der Waals surface area contributed by atoms with Crippen molar-refractivity contribution >= 4 is 0 Å². The zero-order valence-corrected chi connectivity index (χ0v) is 12.1. The molecule has 0 saturated heterocycles. The number of benzene rings is 1. The lowest BCUT2D eigenvalue weighted by Crippen LogP contribution is -1.95. The van der Waals surface area contributed by atoms with Gasteiger partial charge >= 0.3 is 0 Å². The molecule has 0 aliphatic heterocycles. The fourth-order valence-corrected chi connectivity index (χ4v) is 3.28. The van der Waals surface area contributed by atoms with Crippen molar-refractivity contribution in [3.8, 4) is 0 Å². The average Bonchev–Trinajstić information content (AvgIpc) is 2.77. The van der Waals surface area contributed by atoms with Crippen LogP contribution >= 0.6 is 0 Å². The summed E-state index contributed by atoms with van der Waals surface area (Å²) in [5, 5.41) is 0. The Morgan fingerprint density at radius 2 is 1.78 bits per heavy atom. The molecule has 1 aliphatic carbocycles. The lowest BCUT2D eigenvalue weighted by Gasteiger charge is -2.09. The second-order valence-corrected chi connectivity index (χ2v) is 6.37. The lowest BCUT2D eigenvalue weighted by molar-refractivity contribution is 0.451. The Bertz CT molecular complexity index is 336. The normalized spacial score (nSPS) is 23.4. The molecule has 100 valence electrons. The minimum atomic E-state index is 1.00. The molecule has 0 aromatic heterocycles. The van der Waals surface area contributed by atoms with Gasteiger partial charge in [0.05, 0.1) is 0 Å². The molecular weight excluding hydrogens is 216 g/mol. The van der Waals surface area contributed by atoms with Gasteiger partial charge in [0.2, 0.25) is 0 Å². The van der Waals surface area contributed by atoms with Gasteiger partial charge in [-0.05, 0) is 43.6 Å². The third kappa shape index (κ3) is 4.48. The second-order valence-electron chi connectivity index (χ2n) is 6.37. The third-order valence-corrected chi connectivity index (χ3v) is 4.50. The van der Waals surface area contributed by atoms with Gasteiger partial charge in [-0.15, -0.1) is 0 Å². The number of hydrogen-bond acceptors (Lipinski definition) is 0. The van der Waals surface area contributed by atoms with Gasteiger partial charge in [0.25, 0.3) is 0 Å². The maximum absolute atomic E-state index is 2.41. The number of aryl methyl sites for hydroxylation is 2. The quantitative estimate of drug-likeness (QED) is 0.577. The van der Waals surface area contributed by atoms with Crippen molar-refractivity contribution < 1.29 is 0 Å². The van der Waals surface area contributed by atoms with Crippen LogP contribution in [0.4, 0.5) is 0 Å². The standard InChI is InChI=1S/C18H28/c1-15-8-11-17(12-9-15)6-4-3-5-7-18-13-10-16(2)14-18/h8-9,11-12,16,18H,3-7,10,13-14H2,1-2H3. The largest absolute Gasteiger partial charge is 0.0625 e. The zero-order valence-electron chi connectivity index (χ0n) is 12.1. The van der Waals surface area contributed by atoms with E-state index >= 15 is 0 Å². The molecule has 0 heterocycles. The molecule has 1 fully saturated rings. The molecule has 2 unspecified atom stereocenters. The maximum Gasteiger partial charge on any atom is -0.0279 e. The van der Waals surface area contributed by atoms with Crippen molar-refractivity contribution in [2.24, 2.45) is 11.8 Å². The van der Waals surface area contributed by atoms with Crippen LogP contribution in [-0.2, 0) is 6.42 Å². The van der Waals surface area contributed by atoms with Crippen LogP contribution in [0, 0.1) is 18.8 Å². The van der Waals surface area contributed by atoms with Crippen LogP contribution < -0.4 is 0 Å². The smallest absolute Gasteiger partial charge is 0.0279 e. The van der Waals surface area contributed by atoms with Crippen molar-refractivity contribution in [1.29, 1.82) is 0 Å². The van der Waals surface area contributed by atoms with Crippen LogP contribution in [0.3, 0.4) is 0 Å². The van der Waals surface area contributed by atoms with Crippen molar-refractivity contribution in [2.45, 2.75) is 65.2 Å². The van der Waals surface area contributed by atoms with Crippen LogP contribution in [0.5, 0.6) is 0 Å². The van der Waals surface area contributed by atoms with E-state index in [1.54, 1.807) is 0 Å². The molecule has 0 nitrogen and oxygen atoms in total. The summed E-state index contributed by atoms with van der Waals surface area (Å²) in [6.07, 6.45) is 11.5. The van der Waals surface area contributed by atoms with Gasteiger partial charge < -0.3 is 0 Å². The Morgan fingerprint density at radius 3 is 2.44 bits per heavy atom. The monoisotopic (exact) mass is 244 g/mol. The predicted molar refractivity (Wildman–Crippen MR) is 79.9 cm³/mol. The van der Waals surface area contributed by atoms with E-state index in [1.165, 1.54) is 62.5 Å². The summed E-state index contributed by atoms with van der Waals surface area (Å²) in [6.45, 7) is 4.57. The molecule has 1 aromatic carbocycles. The molecular formula is C18H28. The van der Waals surface area contributed by atoms with Crippen LogP contribution in [-0.4, -0.2) is 0 Å². The van der Waals surface area contributed by atoms with Gasteiger partial charge in [0.15, 0.2) is 0 Å². The van der Waals surface area contributed by atoms with E-state index in [0.29, 0.717) is 0 Å². The first-order chi connectivity index (χ1) is 8.74. The van der Waals surface area contributed by atoms with Gasteiger partial charge in [-0.1, -0.05) is 68.9 Å². The minimum Gasteiger partial charge on any atom is -0.0625 e. The summed E-state index contributed by atoms with van der Waals surface area (Å²) in [5.41, 5.74) is 2.88. The fraction of sp³-hybridized carbons (Fsp3) is 0.667. The molecule has 1 saturated carbocycles. The summed E-state index contributed by atoms with van der Waals surface area (Å²) in [6, 6.07) is 9.03. The highest BCUT2D eigenvalue weighted by molar-refractivity contribution is 5.21. The number of hydrogen-bond donors (Lipinski definition) is 0. The molecule has 0 amide bonds. The van der Waals surface area contributed by atoms with Gasteiger partial charge in [-0.2, -0.15) is 0 Å². The molecule has 0 heteroatoms. The van der Waals surface area contributed by atoms with Gasteiger partial charge in [-0.3, -0.25) is 0 Å². The van der Waals surface area contributed by atoms with E-state index in [1.807, 2.05) is 0 Å². The number of rotatable bonds is 6. The van der Waals surface area contributed by atoms with Crippen LogP contribution in [0.1, 0.15) is 63.0 Å². The van der Waals surface area contributed by atoms with Crippen molar-refractivity contribution in [2.75, 3.05) is 0 Å². The van der Waals surface area contributed by atoms with Crippen molar-refractivity contribution in [1.82, 2.24) is 0 Å². The Balaban J connectivity index is 1.55. The minimum absolute atomic E-state index is 1.00. The first-order valence-electron chi connectivity index (χ1n) is 7.79. The van der Waals surface area contributed by atoms with E-state index in [4.69, 9.17) is 0 Å². The van der Waals surface area contributed by atoms with E-state index in [-0.39, 0.29) is 0 Å². The second kappa shape index (κ2) is 6.97. The topological polar surface area (TPSA) is 0 Å². The maximum atomic E-state index is 2.41. The van der Waals surface area contributed by atoms with Gasteiger partial charge in [-0.25, -0.2) is 0 Å². The molecule has 1 aromatic rings. The highest BCUT2D eigenvalue weighted by Gasteiger charge is 2.20. The molecule has 0 radical (unpaired) electrons. The zero-order chi connectivity index (χ0) is 12.8. The van der Waals surface area contributed by atoms with Gasteiger partial charge in [0, 0.05) is 0 Å². The lowest BCUT2D eigenvalue weighted by atomic mass is 9.97. The predicted octanol–water partition coefficient (Wildman–Crippen LogP) is 5.53. The Kier molecular flexibility index (Phi) is 5.28. The number of unbranched alkanes of at least 4 members (excludes halogenated alkanes) is 2. The van der Waals surface area contributed by atoms with Crippen LogP contribution in [0.2, 0.25) is 0 Å². The first kappa shape index (κ1) is 13.6. The van der Waals surface area contributed by atoms with E-state index in [2.05, 4.69) is 38.1 Å². The third-order valence-electron chi connectivity index (χ3n) is 4.50.